The monoisotopic (exact) mass is 250 g/mol. The van der Waals surface area contributed by atoms with Crippen molar-refractivity contribution in [1.82, 2.24) is 5.32 Å². The fourth-order valence-corrected chi connectivity index (χ4v) is 1.85. The summed E-state index contributed by atoms with van der Waals surface area (Å²) >= 11 is 0. The van der Waals surface area contributed by atoms with E-state index in [1.807, 2.05) is 6.92 Å². The smallest absolute Gasteiger partial charge is 0.337 e. The number of hydrogen-bond acceptors (Lipinski definition) is 5. The number of anilines is 1. The first-order valence-corrected chi connectivity index (χ1v) is 5.71. The maximum atomic E-state index is 11.9. The van der Waals surface area contributed by atoms with Crippen molar-refractivity contribution in [1.29, 1.82) is 0 Å². The van der Waals surface area contributed by atoms with E-state index < -0.39 is 11.5 Å². The van der Waals surface area contributed by atoms with Gasteiger partial charge < -0.3 is 9.73 Å². The second-order valence-electron chi connectivity index (χ2n) is 4.09. The average molecular weight is 250 g/mol. The molecule has 0 aliphatic carbocycles. The quantitative estimate of drug-likeness (QED) is 0.847. The van der Waals surface area contributed by atoms with Gasteiger partial charge in [0.2, 0.25) is 5.88 Å². The molecule has 0 aromatic carbocycles. The van der Waals surface area contributed by atoms with Gasteiger partial charge in [0, 0.05) is 6.07 Å². The van der Waals surface area contributed by atoms with Crippen molar-refractivity contribution in [2.75, 3.05) is 5.06 Å². The number of amides is 1. The zero-order valence-corrected chi connectivity index (χ0v) is 10.0. The molecule has 1 amide bonds. The van der Waals surface area contributed by atoms with Gasteiger partial charge >= 0.3 is 5.63 Å². The summed E-state index contributed by atoms with van der Waals surface area (Å²) in [4.78, 5) is 23.3. The van der Waals surface area contributed by atoms with Crippen LogP contribution in [-0.4, -0.2) is 11.1 Å². The van der Waals surface area contributed by atoms with Crippen LogP contribution in [0.3, 0.4) is 0 Å². The highest BCUT2D eigenvalue weighted by Crippen LogP contribution is 2.27. The highest BCUT2D eigenvalue weighted by Gasteiger charge is 2.30. The summed E-state index contributed by atoms with van der Waals surface area (Å²) in [5.41, 5.74) is 0.173. The molecule has 1 aromatic rings. The summed E-state index contributed by atoms with van der Waals surface area (Å²) in [5.74, 6) is -0.624. The number of nitrogens with one attached hydrogen (secondary N) is 1. The molecule has 18 heavy (non-hydrogen) atoms. The van der Waals surface area contributed by atoms with Gasteiger partial charge in [-0.05, 0) is 18.4 Å². The number of rotatable bonds is 3. The van der Waals surface area contributed by atoms with Gasteiger partial charge in [0.1, 0.15) is 11.4 Å². The Morgan fingerprint density at radius 3 is 2.89 bits per heavy atom. The van der Waals surface area contributed by atoms with Gasteiger partial charge in [0.15, 0.2) is 0 Å². The van der Waals surface area contributed by atoms with Crippen LogP contribution in [0.1, 0.15) is 35.7 Å². The van der Waals surface area contributed by atoms with Crippen LogP contribution in [0.25, 0.3) is 0 Å². The lowest BCUT2D eigenvalue weighted by Crippen LogP contribution is -2.40. The van der Waals surface area contributed by atoms with E-state index in [9.17, 15) is 14.8 Å². The molecule has 1 aliphatic rings. The Morgan fingerprint density at radius 2 is 2.22 bits per heavy atom. The summed E-state index contributed by atoms with van der Waals surface area (Å²) in [6, 6.07) is 1.29. The Balaban J connectivity index is 2.57. The number of unbranched alkanes of at least 4 members (excludes halogenated alkanes) is 1. The number of carbonyl (C=O) groups is 1. The molecule has 2 N–H and O–H groups in total. The van der Waals surface area contributed by atoms with Crippen molar-refractivity contribution in [3.8, 4) is 0 Å². The molecular weight excluding hydrogens is 236 g/mol. The second-order valence-corrected chi connectivity index (χ2v) is 4.09. The van der Waals surface area contributed by atoms with Crippen LogP contribution < -0.4 is 16.0 Å². The topological polar surface area (TPSA) is 82.8 Å². The van der Waals surface area contributed by atoms with Gasteiger partial charge in [-0.3, -0.25) is 10.0 Å². The van der Waals surface area contributed by atoms with Crippen LogP contribution in [0.5, 0.6) is 0 Å². The minimum absolute atomic E-state index is 0.0386. The minimum Gasteiger partial charge on any atom is -0.403 e. The Labute approximate surface area is 103 Å². The summed E-state index contributed by atoms with van der Waals surface area (Å²) in [6.45, 7) is 5.46. The minimum atomic E-state index is -0.596. The van der Waals surface area contributed by atoms with E-state index in [0.717, 1.165) is 12.8 Å². The largest absolute Gasteiger partial charge is 0.403 e. The predicted molar refractivity (Wildman–Crippen MR) is 64.5 cm³/mol. The van der Waals surface area contributed by atoms with Gasteiger partial charge in [-0.2, -0.15) is 5.06 Å². The molecule has 6 nitrogen and oxygen atoms in total. The van der Waals surface area contributed by atoms with Crippen molar-refractivity contribution < 1.29 is 14.4 Å². The number of aryl methyl sites for hydroxylation is 1. The van der Waals surface area contributed by atoms with Crippen LogP contribution in [0, 0.1) is 0 Å². The third-order valence-electron chi connectivity index (χ3n) is 2.76. The lowest BCUT2D eigenvalue weighted by atomic mass is 10.0. The van der Waals surface area contributed by atoms with Gasteiger partial charge in [0.05, 0.1) is 0 Å². The molecule has 0 fully saturated rings. The maximum absolute atomic E-state index is 11.9. The van der Waals surface area contributed by atoms with Gasteiger partial charge in [-0.15, -0.1) is 0 Å². The highest BCUT2D eigenvalue weighted by molar-refractivity contribution is 6.03. The molecule has 1 aliphatic heterocycles. The zero-order chi connectivity index (χ0) is 13.3. The highest BCUT2D eigenvalue weighted by atomic mass is 16.5. The van der Waals surface area contributed by atoms with E-state index in [0.29, 0.717) is 17.0 Å². The fraction of sp³-hybridized carbons (Fsp3) is 0.333. The lowest BCUT2D eigenvalue weighted by Gasteiger charge is -2.26. The molecule has 0 radical (unpaired) electrons. The Hall–Kier alpha value is -2.08. The zero-order valence-electron chi connectivity index (χ0n) is 10.0. The van der Waals surface area contributed by atoms with E-state index in [-0.39, 0.29) is 17.3 Å². The molecule has 0 saturated heterocycles. The second kappa shape index (κ2) is 4.66. The molecular formula is C12H14N2O4. The van der Waals surface area contributed by atoms with Crippen LogP contribution in [0.2, 0.25) is 0 Å². The van der Waals surface area contributed by atoms with Gasteiger partial charge in [-0.1, -0.05) is 19.9 Å². The van der Waals surface area contributed by atoms with Crippen molar-refractivity contribution in [2.45, 2.75) is 26.2 Å². The fourth-order valence-electron chi connectivity index (χ4n) is 1.85. The van der Waals surface area contributed by atoms with Crippen molar-refractivity contribution in [2.24, 2.45) is 0 Å². The van der Waals surface area contributed by atoms with Crippen molar-refractivity contribution >= 4 is 11.8 Å². The molecule has 2 rings (SSSR count). The third kappa shape index (κ3) is 2.02. The van der Waals surface area contributed by atoms with Crippen LogP contribution in [0.15, 0.2) is 27.7 Å². The molecule has 96 valence electrons. The van der Waals surface area contributed by atoms with E-state index >= 15 is 0 Å². The van der Waals surface area contributed by atoms with E-state index in [1.54, 1.807) is 0 Å². The number of hydrogen-bond donors (Lipinski definition) is 2. The van der Waals surface area contributed by atoms with Gasteiger partial charge in [0.25, 0.3) is 5.91 Å². The summed E-state index contributed by atoms with van der Waals surface area (Å²) < 4.78 is 4.87. The predicted octanol–water partition coefficient (Wildman–Crippen LogP) is 1.39. The van der Waals surface area contributed by atoms with Crippen molar-refractivity contribution in [3.63, 3.8) is 0 Å². The first kappa shape index (κ1) is 12.4. The lowest BCUT2D eigenvalue weighted by molar-refractivity contribution is 0.0936. The average Bonchev–Trinajstić information content (AvgIpc) is 2.32. The first-order chi connectivity index (χ1) is 8.54. The third-order valence-corrected chi connectivity index (χ3v) is 2.76. The van der Waals surface area contributed by atoms with E-state index in [1.165, 1.54) is 6.07 Å². The molecule has 2 heterocycles. The molecule has 0 saturated carbocycles. The SMILES string of the molecule is C=C1NC(=O)c2c(CCCC)cc(=O)oc2N1O. The number of nitrogens with zero attached hydrogens (tertiary/aromatic N) is 1. The summed E-state index contributed by atoms with van der Waals surface area (Å²) in [7, 11) is 0. The van der Waals surface area contributed by atoms with E-state index in [2.05, 4.69) is 11.9 Å². The Kier molecular flexibility index (Phi) is 3.20. The number of fused-ring (bicyclic) bond motifs is 1. The Morgan fingerprint density at radius 1 is 1.50 bits per heavy atom. The summed E-state index contributed by atoms with van der Waals surface area (Å²) in [6.07, 6.45) is 2.36. The molecule has 0 spiro atoms. The molecule has 0 bridgehead atoms. The normalized spacial score (nSPS) is 14.4. The summed E-state index contributed by atoms with van der Waals surface area (Å²) in [5, 5.41) is 12.7. The number of carbonyl (C=O) groups excluding carboxylic acids is 1. The molecule has 0 unspecified atom stereocenters. The van der Waals surface area contributed by atoms with Crippen molar-refractivity contribution in [3.05, 3.63) is 40.0 Å². The Bertz CT molecular complexity index is 562. The van der Waals surface area contributed by atoms with E-state index in [4.69, 9.17) is 4.42 Å². The van der Waals surface area contributed by atoms with Crippen LogP contribution >= 0.6 is 0 Å². The van der Waals surface area contributed by atoms with Crippen LogP contribution in [0.4, 0.5) is 5.88 Å². The number of hydroxylamine groups is 1. The standard InChI is InChI=1S/C12H14N2O4/c1-3-4-5-8-6-9(15)18-12-10(8)11(16)13-7(2)14(12)17/h6,17H,2-5H2,1H3,(H,13,16). The first-order valence-electron chi connectivity index (χ1n) is 5.71. The molecule has 1 aromatic heterocycles. The van der Waals surface area contributed by atoms with Gasteiger partial charge in [-0.25, -0.2) is 4.79 Å². The molecule has 6 heteroatoms. The van der Waals surface area contributed by atoms with Crippen LogP contribution in [-0.2, 0) is 6.42 Å². The maximum Gasteiger partial charge on any atom is 0.337 e. The molecule has 0 atom stereocenters.